The van der Waals surface area contributed by atoms with Crippen molar-refractivity contribution in [2.45, 2.75) is 64.7 Å². The molecule has 1 fully saturated rings. The standard InChI is InChI=1S/C23H34N2O2/c1-2-3-22(26)21-9-8-18-11-14-25(15-12-20(18)16-21)13-10-17-4-6-19(7-5-17)23(24)27/h8-9,16-17,19H,2-7,10-15H2,1H3,(H2,24,27). The van der Waals surface area contributed by atoms with Crippen LogP contribution in [0, 0.1) is 11.8 Å². The Balaban J connectivity index is 1.48. The smallest absolute Gasteiger partial charge is 0.220 e. The first-order valence-corrected chi connectivity index (χ1v) is 10.7. The zero-order chi connectivity index (χ0) is 19.2. The van der Waals surface area contributed by atoms with Crippen molar-refractivity contribution >= 4 is 11.7 Å². The van der Waals surface area contributed by atoms with Crippen LogP contribution in [-0.4, -0.2) is 36.2 Å². The summed E-state index contributed by atoms with van der Waals surface area (Å²) in [6.07, 6.45) is 9.12. The highest BCUT2D eigenvalue weighted by Crippen LogP contribution is 2.31. The van der Waals surface area contributed by atoms with Crippen molar-refractivity contribution in [3.63, 3.8) is 0 Å². The third-order valence-electron chi connectivity index (χ3n) is 6.50. The Morgan fingerprint density at radius 1 is 1.07 bits per heavy atom. The number of carbonyl (C=O) groups is 2. The number of hydrogen-bond donors (Lipinski definition) is 1. The SMILES string of the molecule is CCCC(=O)c1ccc2c(c1)CCN(CCC1CCC(C(N)=O)CC1)CC2. The Hall–Kier alpha value is -1.68. The van der Waals surface area contributed by atoms with Crippen LogP contribution in [0.4, 0.5) is 0 Å². The highest BCUT2D eigenvalue weighted by molar-refractivity contribution is 5.96. The number of benzene rings is 1. The number of rotatable bonds is 7. The van der Waals surface area contributed by atoms with Gasteiger partial charge in [0, 0.05) is 31.0 Å². The number of ketones is 1. The molecule has 1 aromatic rings. The van der Waals surface area contributed by atoms with Gasteiger partial charge in [0.1, 0.15) is 0 Å². The fourth-order valence-corrected chi connectivity index (χ4v) is 4.64. The summed E-state index contributed by atoms with van der Waals surface area (Å²) in [5, 5.41) is 0. The van der Waals surface area contributed by atoms with E-state index in [0.717, 1.165) is 76.1 Å². The summed E-state index contributed by atoms with van der Waals surface area (Å²) in [5.41, 5.74) is 9.10. The molecule has 0 saturated heterocycles. The number of nitrogens with two attached hydrogens (primary N) is 1. The number of carbonyl (C=O) groups excluding carboxylic acids is 2. The molecule has 1 saturated carbocycles. The third kappa shape index (κ3) is 5.41. The van der Waals surface area contributed by atoms with E-state index in [1.165, 1.54) is 17.5 Å². The summed E-state index contributed by atoms with van der Waals surface area (Å²) in [4.78, 5) is 26.1. The normalized spacial score (nSPS) is 23.4. The van der Waals surface area contributed by atoms with Crippen LogP contribution >= 0.6 is 0 Å². The summed E-state index contributed by atoms with van der Waals surface area (Å²) in [6, 6.07) is 6.33. The predicted molar refractivity (Wildman–Crippen MR) is 109 cm³/mol. The van der Waals surface area contributed by atoms with Crippen LogP contribution in [0.2, 0.25) is 0 Å². The van der Waals surface area contributed by atoms with Crippen molar-refractivity contribution in [2.24, 2.45) is 17.6 Å². The van der Waals surface area contributed by atoms with Gasteiger partial charge in [-0.3, -0.25) is 9.59 Å². The molecular formula is C23H34N2O2. The number of nitrogens with zero attached hydrogens (tertiary/aromatic N) is 1. The topological polar surface area (TPSA) is 63.4 Å². The van der Waals surface area contributed by atoms with E-state index in [-0.39, 0.29) is 17.6 Å². The van der Waals surface area contributed by atoms with Crippen LogP contribution in [-0.2, 0) is 17.6 Å². The van der Waals surface area contributed by atoms with E-state index in [2.05, 4.69) is 24.0 Å². The molecule has 2 N–H and O–H groups in total. The molecule has 27 heavy (non-hydrogen) atoms. The van der Waals surface area contributed by atoms with Crippen LogP contribution in [0.25, 0.3) is 0 Å². The Kier molecular flexibility index (Phi) is 7.06. The van der Waals surface area contributed by atoms with E-state index in [9.17, 15) is 9.59 Å². The summed E-state index contributed by atoms with van der Waals surface area (Å²) in [6.45, 7) is 5.38. The lowest BCUT2D eigenvalue weighted by Gasteiger charge is -2.29. The molecule has 2 aliphatic rings. The molecule has 0 bridgehead atoms. The summed E-state index contributed by atoms with van der Waals surface area (Å²) < 4.78 is 0. The molecule has 0 unspecified atom stereocenters. The van der Waals surface area contributed by atoms with E-state index in [1.54, 1.807) is 0 Å². The maximum Gasteiger partial charge on any atom is 0.220 e. The molecule has 0 radical (unpaired) electrons. The van der Waals surface area contributed by atoms with Crippen molar-refractivity contribution in [2.75, 3.05) is 19.6 Å². The van der Waals surface area contributed by atoms with Crippen molar-refractivity contribution in [3.8, 4) is 0 Å². The number of fused-ring (bicyclic) bond motifs is 1. The van der Waals surface area contributed by atoms with Gasteiger partial charge in [-0.15, -0.1) is 0 Å². The van der Waals surface area contributed by atoms with Gasteiger partial charge in [-0.1, -0.05) is 19.1 Å². The average Bonchev–Trinajstić information content (AvgIpc) is 2.88. The average molecular weight is 371 g/mol. The Morgan fingerprint density at radius 2 is 1.78 bits per heavy atom. The molecule has 0 aromatic heterocycles. The van der Waals surface area contributed by atoms with Crippen LogP contribution in [0.1, 0.15) is 73.4 Å². The van der Waals surface area contributed by atoms with Crippen LogP contribution < -0.4 is 5.73 Å². The van der Waals surface area contributed by atoms with Gasteiger partial charge >= 0.3 is 0 Å². The van der Waals surface area contributed by atoms with Crippen molar-refractivity contribution in [1.29, 1.82) is 0 Å². The molecule has 1 aliphatic carbocycles. The largest absolute Gasteiger partial charge is 0.369 e. The van der Waals surface area contributed by atoms with Gasteiger partial charge in [0.2, 0.25) is 5.91 Å². The number of primary amides is 1. The molecule has 0 atom stereocenters. The van der Waals surface area contributed by atoms with E-state index in [1.807, 2.05) is 6.07 Å². The molecule has 0 spiro atoms. The molecule has 1 heterocycles. The van der Waals surface area contributed by atoms with E-state index in [4.69, 9.17) is 5.73 Å². The van der Waals surface area contributed by atoms with Crippen LogP contribution in [0.15, 0.2) is 18.2 Å². The fourth-order valence-electron chi connectivity index (χ4n) is 4.64. The minimum atomic E-state index is -0.115. The van der Waals surface area contributed by atoms with Crippen molar-refractivity contribution in [3.05, 3.63) is 34.9 Å². The van der Waals surface area contributed by atoms with Gasteiger partial charge < -0.3 is 10.6 Å². The zero-order valence-corrected chi connectivity index (χ0v) is 16.7. The van der Waals surface area contributed by atoms with Gasteiger partial charge in [0.05, 0.1) is 0 Å². The van der Waals surface area contributed by atoms with Gasteiger partial charge in [0.15, 0.2) is 5.78 Å². The van der Waals surface area contributed by atoms with E-state index < -0.39 is 0 Å². The molecule has 4 heteroatoms. The quantitative estimate of drug-likeness (QED) is 0.744. The molecule has 4 nitrogen and oxygen atoms in total. The number of hydrogen-bond acceptors (Lipinski definition) is 3. The molecular weight excluding hydrogens is 336 g/mol. The second-order valence-corrected chi connectivity index (χ2v) is 8.41. The molecule has 1 amide bonds. The fraction of sp³-hybridized carbons (Fsp3) is 0.652. The highest BCUT2D eigenvalue weighted by atomic mass is 16.1. The van der Waals surface area contributed by atoms with Crippen molar-refractivity contribution < 1.29 is 9.59 Å². The van der Waals surface area contributed by atoms with Gasteiger partial charge in [-0.2, -0.15) is 0 Å². The van der Waals surface area contributed by atoms with Crippen LogP contribution in [0.3, 0.4) is 0 Å². The number of amides is 1. The second kappa shape index (κ2) is 9.50. The minimum Gasteiger partial charge on any atom is -0.369 e. The van der Waals surface area contributed by atoms with Crippen LogP contribution in [0.5, 0.6) is 0 Å². The molecule has 148 valence electrons. The lowest BCUT2D eigenvalue weighted by Crippen LogP contribution is -2.31. The van der Waals surface area contributed by atoms with Gasteiger partial charge in [-0.05, 0) is 81.0 Å². The Morgan fingerprint density at radius 3 is 2.44 bits per heavy atom. The van der Waals surface area contributed by atoms with Crippen molar-refractivity contribution in [1.82, 2.24) is 4.90 Å². The first-order valence-electron chi connectivity index (χ1n) is 10.7. The summed E-state index contributed by atoms with van der Waals surface area (Å²) in [7, 11) is 0. The van der Waals surface area contributed by atoms with E-state index >= 15 is 0 Å². The minimum absolute atomic E-state index is 0.110. The maximum absolute atomic E-state index is 12.2. The monoisotopic (exact) mass is 370 g/mol. The molecule has 1 aromatic carbocycles. The van der Waals surface area contributed by atoms with Gasteiger partial charge in [0.25, 0.3) is 0 Å². The predicted octanol–water partition coefficient (Wildman–Crippen LogP) is 3.75. The Labute approximate surface area is 163 Å². The zero-order valence-electron chi connectivity index (χ0n) is 16.7. The third-order valence-corrected chi connectivity index (χ3v) is 6.50. The summed E-state index contributed by atoms with van der Waals surface area (Å²) in [5.74, 6) is 1.01. The second-order valence-electron chi connectivity index (χ2n) is 8.41. The summed E-state index contributed by atoms with van der Waals surface area (Å²) >= 11 is 0. The first-order chi connectivity index (χ1) is 13.1. The molecule has 3 rings (SSSR count). The first kappa shape index (κ1) is 20.1. The van der Waals surface area contributed by atoms with E-state index in [0.29, 0.717) is 6.42 Å². The number of Topliss-reactive ketones (excluding diaryl/α,β-unsaturated/α-hetero) is 1. The van der Waals surface area contributed by atoms with Gasteiger partial charge in [-0.25, -0.2) is 0 Å². The highest BCUT2D eigenvalue weighted by Gasteiger charge is 2.25. The maximum atomic E-state index is 12.2. The Bertz CT molecular complexity index is 662. The lowest BCUT2D eigenvalue weighted by molar-refractivity contribution is -0.123. The molecule has 1 aliphatic heterocycles. The lowest BCUT2D eigenvalue weighted by atomic mass is 9.80.